The second-order valence-corrected chi connectivity index (χ2v) is 8.34. The Labute approximate surface area is 127 Å². The van der Waals surface area contributed by atoms with E-state index in [0.29, 0.717) is 11.1 Å². The van der Waals surface area contributed by atoms with Gasteiger partial charge >= 0.3 is 0 Å². The van der Waals surface area contributed by atoms with Crippen LogP contribution in [0.25, 0.3) is 0 Å². The average molecular weight is 306 g/mol. The molecular weight excluding hydrogens is 284 g/mol. The quantitative estimate of drug-likeness (QED) is 0.637. The van der Waals surface area contributed by atoms with Crippen LogP contribution < -0.4 is 0 Å². The van der Waals surface area contributed by atoms with Crippen molar-refractivity contribution in [3.05, 3.63) is 28.8 Å². The van der Waals surface area contributed by atoms with Crippen LogP contribution in [0.3, 0.4) is 0 Å². The van der Waals surface area contributed by atoms with E-state index in [1.807, 2.05) is 39.8 Å². The molecule has 0 bridgehead atoms. The molecule has 4 heteroatoms. The van der Waals surface area contributed by atoms with Gasteiger partial charge in [0.1, 0.15) is 5.75 Å². The molecule has 1 aromatic carbocycles. The zero-order valence-corrected chi connectivity index (χ0v) is 14.3. The van der Waals surface area contributed by atoms with E-state index in [2.05, 4.69) is 11.8 Å². The minimum Gasteiger partial charge on any atom is -0.284 e. The summed E-state index contributed by atoms with van der Waals surface area (Å²) in [6.45, 7) is 11.0. The number of carbonyl (C=O) groups is 1. The largest absolute Gasteiger partial charge is 0.284 e. The molecule has 3 nitrogen and oxygen atoms in total. The third-order valence-corrected chi connectivity index (χ3v) is 4.72. The molecule has 0 spiro atoms. The van der Waals surface area contributed by atoms with Crippen molar-refractivity contribution in [3.8, 4) is 11.8 Å². The highest BCUT2D eigenvalue weighted by Crippen LogP contribution is 2.23. The highest BCUT2D eigenvalue weighted by atomic mass is 32.2. The van der Waals surface area contributed by atoms with Gasteiger partial charge in [0.05, 0.1) is 4.90 Å². The minimum absolute atomic E-state index is 0.249. The Morgan fingerprint density at radius 1 is 1.10 bits per heavy atom. The number of Topliss-reactive ketones (excluding diaryl/α,β-unsaturated/α-hetero) is 1. The molecule has 0 aliphatic rings. The first-order valence-electron chi connectivity index (χ1n) is 6.79. The number of rotatable bonds is 3. The number of benzene rings is 1. The molecule has 0 aliphatic heterocycles. The topological polar surface area (TPSA) is 51.2 Å². The summed E-state index contributed by atoms with van der Waals surface area (Å²) in [4.78, 5) is 12.1. The maximum absolute atomic E-state index is 12.4. The van der Waals surface area contributed by atoms with E-state index in [1.165, 1.54) is 0 Å². The molecule has 0 saturated carbocycles. The second kappa shape index (κ2) is 6.03. The summed E-state index contributed by atoms with van der Waals surface area (Å²) in [5, 5.41) is 0. The first-order chi connectivity index (χ1) is 9.42. The predicted octanol–water partition coefficient (Wildman–Crippen LogP) is 3.00. The van der Waals surface area contributed by atoms with Crippen molar-refractivity contribution in [1.82, 2.24) is 0 Å². The van der Waals surface area contributed by atoms with Crippen molar-refractivity contribution in [3.63, 3.8) is 0 Å². The first kappa shape index (κ1) is 17.5. The fourth-order valence-electron chi connectivity index (χ4n) is 2.20. The lowest BCUT2D eigenvalue weighted by Crippen LogP contribution is -2.17. The summed E-state index contributed by atoms with van der Waals surface area (Å²) in [6, 6.07) is 3.62. The van der Waals surface area contributed by atoms with Crippen LogP contribution in [-0.2, 0) is 14.6 Å². The first-order valence-corrected chi connectivity index (χ1v) is 8.44. The summed E-state index contributed by atoms with van der Waals surface area (Å²) < 4.78 is 24.9. The highest BCUT2D eigenvalue weighted by molar-refractivity contribution is 7.92. The fourth-order valence-corrected chi connectivity index (χ4v) is 3.86. The van der Waals surface area contributed by atoms with Crippen molar-refractivity contribution in [2.75, 3.05) is 5.75 Å². The van der Waals surface area contributed by atoms with Crippen molar-refractivity contribution >= 4 is 15.6 Å². The molecule has 1 aromatic rings. The molecule has 0 fully saturated rings. The number of aryl methyl sites for hydroxylation is 3. The molecule has 0 atom stereocenters. The maximum atomic E-state index is 12.4. The molecule has 0 radical (unpaired) electrons. The molecule has 0 unspecified atom stereocenters. The number of hydrogen-bond donors (Lipinski definition) is 0. The zero-order valence-electron chi connectivity index (χ0n) is 13.5. The summed E-state index contributed by atoms with van der Waals surface area (Å²) >= 11 is 0. The Balaban J connectivity index is 3.14. The van der Waals surface area contributed by atoms with E-state index in [1.54, 1.807) is 13.8 Å². The molecule has 0 N–H and O–H groups in total. The van der Waals surface area contributed by atoms with Crippen molar-refractivity contribution < 1.29 is 13.2 Å². The minimum atomic E-state index is -3.66. The highest BCUT2D eigenvalue weighted by Gasteiger charge is 2.23. The van der Waals surface area contributed by atoms with Gasteiger partial charge in [-0.3, -0.25) is 4.79 Å². The van der Waals surface area contributed by atoms with E-state index in [-0.39, 0.29) is 10.3 Å². The smallest absolute Gasteiger partial charge is 0.220 e. The molecule has 21 heavy (non-hydrogen) atoms. The van der Waals surface area contributed by atoms with Gasteiger partial charge in [0, 0.05) is 5.41 Å². The summed E-state index contributed by atoms with van der Waals surface area (Å²) in [5.41, 5.74) is 2.02. The van der Waals surface area contributed by atoms with Gasteiger partial charge in [-0.1, -0.05) is 23.6 Å². The number of sulfone groups is 1. The number of hydrogen-bond acceptors (Lipinski definition) is 3. The van der Waals surface area contributed by atoms with Gasteiger partial charge < -0.3 is 0 Å². The monoisotopic (exact) mass is 306 g/mol. The van der Waals surface area contributed by atoms with Gasteiger partial charge in [-0.25, -0.2) is 8.42 Å². The molecule has 1 rings (SSSR count). The van der Waals surface area contributed by atoms with E-state index in [9.17, 15) is 13.2 Å². The Bertz CT molecular complexity index is 701. The predicted molar refractivity (Wildman–Crippen MR) is 84.9 cm³/mol. The molecular formula is C17H22O3S. The Morgan fingerprint density at radius 3 is 2.00 bits per heavy atom. The van der Waals surface area contributed by atoms with Gasteiger partial charge in [0.25, 0.3) is 0 Å². The third kappa shape index (κ3) is 5.02. The summed E-state index contributed by atoms with van der Waals surface area (Å²) in [5.74, 6) is 4.07. The Kier molecular flexibility index (Phi) is 5.01. The van der Waals surface area contributed by atoms with Crippen LogP contribution in [0.5, 0.6) is 0 Å². The summed E-state index contributed by atoms with van der Waals surface area (Å²) in [7, 11) is -3.66. The van der Waals surface area contributed by atoms with Crippen LogP contribution in [-0.4, -0.2) is 20.0 Å². The zero-order chi connectivity index (χ0) is 16.4. The van der Waals surface area contributed by atoms with Crippen LogP contribution in [0.15, 0.2) is 17.0 Å². The summed E-state index contributed by atoms with van der Waals surface area (Å²) in [6.07, 6.45) is 0. The van der Waals surface area contributed by atoms with Gasteiger partial charge in [0.2, 0.25) is 5.78 Å². The van der Waals surface area contributed by atoms with E-state index in [0.717, 1.165) is 5.56 Å². The lowest BCUT2D eigenvalue weighted by Gasteiger charge is -2.11. The molecule has 0 amide bonds. The Morgan fingerprint density at radius 2 is 1.57 bits per heavy atom. The lowest BCUT2D eigenvalue weighted by molar-refractivity contribution is -0.111. The third-order valence-electron chi connectivity index (χ3n) is 2.81. The maximum Gasteiger partial charge on any atom is 0.220 e. The molecule has 0 heterocycles. The van der Waals surface area contributed by atoms with Crippen molar-refractivity contribution in [2.45, 2.75) is 46.4 Å². The van der Waals surface area contributed by atoms with Gasteiger partial charge in [-0.05, 0) is 58.6 Å². The molecule has 0 aliphatic carbocycles. The molecule has 0 saturated heterocycles. The average Bonchev–Trinajstić information content (AvgIpc) is 2.22. The lowest BCUT2D eigenvalue weighted by atomic mass is 9.98. The van der Waals surface area contributed by atoms with Crippen LogP contribution >= 0.6 is 0 Å². The SMILES string of the molecule is Cc1cc(C)c(S(=O)(=O)CC(=O)C#CC(C)(C)C)c(C)c1. The number of carbonyl (C=O) groups excluding carboxylic acids is 1. The van der Waals surface area contributed by atoms with Crippen molar-refractivity contribution in [2.24, 2.45) is 5.41 Å². The Hall–Kier alpha value is -1.60. The fraction of sp³-hybridized carbons (Fsp3) is 0.471. The second-order valence-electron chi connectivity index (χ2n) is 6.41. The van der Waals surface area contributed by atoms with Crippen molar-refractivity contribution in [1.29, 1.82) is 0 Å². The standard InChI is InChI=1S/C17H22O3S/c1-12-9-13(2)16(14(3)10-12)21(19,20)11-15(18)7-8-17(4,5)6/h9-10H,11H2,1-6H3. The van der Waals surface area contributed by atoms with Gasteiger partial charge in [-0.2, -0.15) is 0 Å². The molecule has 114 valence electrons. The van der Waals surface area contributed by atoms with E-state index >= 15 is 0 Å². The van der Waals surface area contributed by atoms with E-state index < -0.39 is 21.4 Å². The van der Waals surface area contributed by atoms with Crippen LogP contribution in [0.2, 0.25) is 0 Å². The normalized spacial score (nSPS) is 11.7. The van der Waals surface area contributed by atoms with Gasteiger partial charge in [0.15, 0.2) is 9.84 Å². The number of ketones is 1. The van der Waals surface area contributed by atoms with Gasteiger partial charge in [-0.15, -0.1) is 0 Å². The van der Waals surface area contributed by atoms with Crippen LogP contribution in [0.1, 0.15) is 37.5 Å². The van der Waals surface area contributed by atoms with Crippen LogP contribution in [0, 0.1) is 38.0 Å². The molecule has 0 aromatic heterocycles. The van der Waals surface area contributed by atoms with Crippen LogP contribution in [0.4, 0.5) is 0 Å². The van der Waals surface area contributed by atoms with E-state index in [4.69, 9.17) is 0 Å².